The van der Waals surface area contributed by atoms with E-state index in [1.807, 2.05) is 41.8 Å². The minimum atomic E-state index is -2.91. The Hall–Kier alpha value is -2.70. The maximum absolute atomic E-state index is 12.6. The maximum atomic E-state index is 12.6. The molecule has 0 aliphatic carbocycles. The predicted octanol–water partition coefficient (Wildman–Crippen LogP) is 3.26. The number of alkyl halides is 2. The summed E-state index contributed by atoms with van der Waals surface area (Å²) in [5, 5.41) is 14.7. The van der Waals surface area contributed by atoms with Crippen LogP contribution < -0.4 is 20.1 Å². The van der Waals surface area contributed by atoms with Gasteiger partial charge in [-0.25, -0.2) is 4.99 Å². The van der Waals surface area contributed by atoms with Gasteiger partial charge in [0.1, 0.15) is 6.54 Å². The van der Waals surface area contributed by atoms with E-state index in [2.05, 4.69) is 30.6 Å². The highest BCUT2D eigenvalue weighted by Crippen LogP contribution is 2.29. The summed E-state index contributed by atoms with van der Waals surface area (Å²) in [7, 11) is 1.41. The Morgan fingerprint density at radius 2 is 2.00 bits per heavy atom. The van der Waals surface area contributed by atoms with Crippen molar-refractivity contribution >= 4 is 35.6 Å². The van der Waals surface area contributed by atoms with Gasteiger partial charge in [-0.3, -0.25) is 4.40 Å². The van der Waals surface area contributed by atoms with Crippen LogP contribution >= 0.6 is 24.0 Å². The van der Waals surface area contributed by atoms with Crippen LogP contribution in [0.2, 0.25) is 0 Å². The van der Waals surface area contributed by atoms with Gasteiger partial charge in [-0.15, -0.1) is 34.2 Å². The van der Waals surface area contributed by atoms with E-state index in [4.69, 9.17) is 4.74 Å². The number of aromatic nitrogens is 3. The third kappa shape index (κ3) is 6.91. The topological polar surface area (TPSA) is 85.1 Å². The van der Waals surface area contributed by atoms with E-state index in [-0.39, 0.29) is 35.5 Å². The van der Waals surface area contributed by atoms with Crippen LogP contribution in [0.3, 0.4) is 0 Å². The number of hydrogen-bond acceptors (Lipinski definition) is 5. The van der Waals surface area contributed by atoms with E-state index in [9.17, 15) is 8.78 Å². The Labute approximate surface area is 196 Å². The van der Waals surface area contributed by atoms with Gasteiger partial charge >= 0.3 is 6.61 Å². The number of fused-ring (bicyclic) bond motifs is 1. The van der Waals surface area contributed by atoms with Crippen molar-refractivity contribution in [2.75, 3.05) is 20.2 Å². The van der Waals surface area contributed by atoms with E-state index in [0.29, 0.717) is 32.0 Å². The molecule has 0 unspecified atom stereocenters. The second kappa shape index (κ2) is 12.2. The van der Waals surface area contributed by atoms with Crippen molar-refractivity contribution in [2.45, 2.75) is 26.5 Å². The van der Waals surface area contributed by atoms with E-state index < -0.39 is 6.61 Å². The number of halogens is 3. The number of ether oxygens (including phenoxy) is 2. The Morgan fingerprint density at radius 1 is 1.16 bits per heavy atom. The Morgan fingerprint density at radius 3 is 2.74 bits per heavy atom. The third-order valence-corrected chi connectivity index (χ3v) is 4.26. The van der Waals surface area contributed by atoms with Crippen LogP contribution in [-0.4, -0.2) is 47.4 Å². The molecule has 0 spiro atoms. The minimum absolute atomic E-state index is 0. The number of rotatable bonds is 9. The number of nitrogens with zero attached hydrogens (tertiary/aromatic N) is 4. The molecule has 31 heavy (non-hydrogen) atoms. The zero-order chi connectivity index (χ0) is 21.3. The molecule has 3 rings (SSSR count). The van der Waals surface area contributed by atoms with Crippen molar-refractivity contribution in [1.29, 1.82) is 0 Å². The highest BCUT2D eigenvalue weighted by atomic mass is 127. The molecule has 0 aliphatic rings. The fourth-order valence-corrected chi connectivity index (χ4v) is 2.88. The lowest BCUT2D eigenvalue weighted by molar-refractivity contribution is -0.0512. The first-order valence-electron chi connectivity index (χ1n) is 9.53. The number of hydrogen-bond donors (Lipinski definition) is 2. The summed E-state index contributed by atoms with van der Waals surface area (Å²) < 4.78 is 36.6. The fourth-order valence-electron chi connectivity index (χ4n) is 2.88. The highest BCUT2D eigenvalue weighted by Gasteiger charge is 2.11. The molecular formula is C20H25F2IN6O2. The third-order valence-electron chi connectivity index (χ3n) is 4.26. The number of pyridine rings is 1. The second-order valence-electron chi connectivity index (χ2n) is 6.28. The van der Waals surface area contributed by atoms with Crippen LogP contribution in [0, 0.1) is 0 Å². The molecule has 0 saturated carbocycles. The van der Waals surface area contributed by atoms with Crippen molar-refractivity contribution in [3.63, 3.8) is 0 Å². The first kappa shape index (κ1) is 24.6. The van der Waals surface area contributed by atoms with E-state index in [1.165, 1.54) is 7.11 Å². The van der Waals surface area contributed by atoms with Crippen LogP contribution in [-0.2, 0) is 13.0 Å². The molecule has 0 radical (unpaired) electrons. The molecular weight excluding hydrogens is 521 g/mol. The van der Waals surface area contributed by atoms with Gasteiger partial charge in [-0.1, -0.05) is 12.1 Å². The molecule has 3 aromatic rings. The molecule has 168 valence electrons. The summed E-state index contributed by atoms with van der Waals surface area (Å²) in [5.41, 5.74) is 1.60. The van der Waals surface area contributed by atoms with Gasteiger partial charge in [0.25, 0.3) is 0 Å². The first-order chi connectivity index (χ1) is 14.6. The quantitative estimate of drug-likeness (QED) is 0.244. The number of nitrogens with one attached hydrogen (secondary N) is 2. The summed E-state index contributed by atoms with van der Waals surface area (Å²) in [4.78, 5) is 4.55. The molecule has 0 fully saturated rings. The van der Waals surface area contributed by atoms with Gasteiger partial charge in [-0.05, 0) is 43.2 Å². The molecule has 0 atom stereocenters. The predicted molar refractivity (Wildman–Crippen MR) is 125 cm³/mol. The number of aliphatic imine (C=N–C) groups is 1. The molecule has 0 amide bonds. The number of benzene rings is 1. The van der Waals surface area contributed by atoms with Crippen LogP contribution in [0.4, 0.5) is 8.78 Å². The SMILES string of the molecule is CCNC(=NCc1nnc2ccccn12)NCCc1ccc(OC)c(OC(F)F)c1.I. The first-order valence-corrected chi connectivity index (χ1v) is 9.53. The van der Waals surface area contributed by atoms with Gasteiger partial charge in [-0.2, -0.15) is 8.78 Å². The summed E-state index contributed by atoms with van der Waals surface area (Å²) in [6.45, 7) is 0.665. The molecule has 8 nitrogen and oxygen atoms in total. The van der Waals surface area contributed by atoms with Crippen molar-refractivity contribution in [2.24, 2.45) is 4.99 Å². The Balaban J connectivity index is 0.00000341. The maximum Gasteiger partial charge on any atom is 0.387 e. The zero-order valence-corrected chi connectivity index (χ0v) is 19.5. The average molecular weight is 546 g/mol. The summed E-state index contributed by atoms with van der Waals surface area (Å²) >= 11 is 0. The second-order valence-corrected chi connectivity index (χ2v) is 6.28. The highest BCUT2D eigenvalue weighted by molar-refractivity contribution is 14.0. The zero-order valence-electron chi connectivity index (χ0n) is 17.2. The van der Waals surface area contributed by atoms with Crippen LogP contribution in [0.1, 0.15) is 18.3 Å². The lowest BCUT2D eigenvalue weighted by Gasteiger charge is -2.13. The molecule has 2 N–H and O–H groups in total. The van der Waals surface area contributed by atoms with E-state index in [0.717, 1.165) is 17.0 Å². The lowest BCUT2D eigenvalue weighted by Crippen LogP contribution is -2.38. The molecule has 0 saturated heterocycles. The molecule has 11 heteroatoms. The Bertz CT molecular complexity index is 999. The molecule has 2 aromatic heterocycles. The van der Waals surface area contributed by atoms with Crippen LogP contribution in [0.15, 0.2) is 47.6 Å². The van der Waals surface area contributed by atoms with Gasteiger partial charge in [0, 0.05) is 19.3 Å². The number of guanidine groups is 1. The average Bonchev–Trinajstić information content (AvgIpc) is 3.15. The smallest absolute Gasteiger partial charge is 0.387 e. The monoisotopic (exact) mass is 546 g/mol. The summed E-state index contributed by atoms with van der Waals surface area (Å²) in [6, 6.07) is 10.7. The standard InChI is InChI=1S/C20H24F2N6O2.HI/c1-3-23-20(25-13-18-27-26-17-6-4-5-11-28(17)18)24-10-9-14-7-8-15(29-2)16(12-14)30-19(21)22;/h4-8,11-12,19H,3,9-10,13H2,1-2H3,(H2,23,24,25);1H. The minimum Gasteiger partial charge on any atom is -0.493 e. The molecule has 1 aromatic carbocycles. The van der Waals surface area contributed by atoms with Crippen LogP contribution in [0.5, 0.6) is 11.5 Å². The van der Waals surface area contributed by atoms with Gasteiger partial charge in [0.2, 0.25) is 0 Å². The lowest BCUT2D eigenvalue weighted by atomic mass is 10.1. The van der Waals surface area contributed by atoms with Gasteiger partial charge in [0.05, 0.1) is 7.11 Å². The fraction of sp³-hybridized carbons (Fsp3) is 0.350. The van der Waals surface area contributed by atoms with Gasteiger partial charge < -0.3 is 20.1 Å². The summed E-state index contributed by atoms with van der Waals surface area (Å²) in [5.74, 6) is 1.64. The van der Waals surface area contributed by atoms with Crippen molar-refractivity contribution in [3.8, 4) is 11.5 Å². The summed E-state index contributed by atoms with van der Waals surface area (Å²) in [6.07, 6.45) is 2.48. The largest absolute Gasteiger partial charge is 0.493 e. The van der Waals surface area contributed by atoms with E-state index >= 15 is 0 Å². The van der Waals surface area contributed by atoms with E-state index in [1.54, 1.807) is 12.1 Å². The van der Waals surface area contributed by atoms with Gasteiger partial charge in [0.15, 0.2) is 28.9 Å². The van der Waals surface area contributed by atoms with Crippen molar-refractivity contribution in [1.82, 2.24) is 25.2 Å². The number of methoxy groups -OCH3 is 1. The normalized spacial score (nSPS) is 11.3. The van der Waals surface area contributed by atoms with Crippen LogP contribution in [0.25, 0.3) is 5.65 Å². The van der Waals surface area contributed by atoms with Crippen molar-refractivity contribution < 1.29 is 18.3 Å². The molecule has 0 aliphatic heterocycles. The molecule has 2 heterocycles. The van der Waals surface area contributed by atoms with Crippen molar-refractivity contribution in [3.05, 3.63) is 54.0 Å². The Kier molecular flexibility index (Phi) is 9.69. The molecule has 0 bridgehead atoms.